The number of hydrogen-bond acceptors (Lipinski definition) is 3. The van der Waals surface area contributed by atoms with Crippen molar-refractivity contribution in [3.63, 3.8) is 0 Å². The SMILES string of the molecule is O=C(O)C(O)c1cc(C(F)(F)F)cc(C(F)(F)F)c1O. The molecule has 0 saturated heterocycles. The van der Waals surface area contributed by atoms with E-state index in [4.69, 9.17) is 10.2 Å². The molecule has 0 aliphatic carbocycles. The van der Waals surface area contributed by atoms with Gasteiger partial charge in [0, 0.05) is 5.56 Å². The van der Waals surface area contributed by atoms with E-state index in [0.717, 1.165) is 0 Å². The highest BCUT2D eigenvalue weighted by molar-refractivity contribution is 5.75. The van der Waals surface area contributed by atoms with Crippen LogP contribution in [0.15, 0.2) is 12.1 Å². The lowest BCUT2D eigenvalue weighted by atomic mass is 9.99. The average Bonchev–Trinajstić information content (AvgIpc) is 2.24. The number of rotatable bonds is 2. The van der Waals surface area contributed by atoms with E-state index in [-0.39, 0.29) is 12.1 Å². The summed E-state index contributed by atoms with van der Waals surface area (Å²) in [7, 11) is 0. The van der Waals surface area contributed by atoms with Gasteiger partial charge in [0.1, 0.15) is 5.75 Å². The number of aliphatic carboxylic acids is 1. The van der Waals surface area contributed by atoms with Crippen molar-refractivity contribution >= 4 is 5.97 Å². The van der Waals surface area contributed by atoms with Gasteiger partial charge in [-0.25, -0.2) is 4.79 Å². The number of carboxylic acid groups (broad SMARTS) is 1. The molecule has 1 aromatic carbocycles. The number of aliphatic hydroxyl groups is 1. The first-order valence-electron chi connectivity index (χ1n) is 4.78. The molecule has 0 spiro atoms. The number of carbonyl (C=O) groups is 1. The molecule has 1 unspecified atom stereocenters. The van der Waals surface area contributed by atoms with Crippen LogP contribution in [0.5, 0.6) is 5.75 Å². The quantitative estimate of drug-likeness (QED) is 0.734. The van der Waals surface area contributed by atoms with E-state index in [2.05, 4.69) is 0 Å². The summed E-state index contributed by atoms with van der Waals surface area (Å²) in [4.78, 5) is 10.5. The Kier molecular flexibility index (Phi) is 3.90. The lowest BCUT2D eigenvalue weighted by Crippen LogP contribution is -2.16. The highest BCUT2D eigenvalue weighted by Gasteiger charge is 2.41. The van der Waals surface area contributed by atoms with Crippen LogP contribution in [0.2, 0.25) is 0 Å². The van der Waals surface area contributed by atoms with Crippen LogP contribution >= 0.6 is 0 Å². The number of alkyl halides is 6. The molecule has 0 aromatic heterocycles. The molecule has 0 radical (unpaired) electrons. The first kappa shape index (κ1) is 16.1. The van der Waals surface area contributed by atoms with Gasteiger partial charge in [0.25, 0.3) is 0 Å². The fraction of sp³-hybridized carbons (Fsp3) is 0.300. The molecule has 0 aliphatic heterocycles. The lowest BCUT2D eigenvalue weighted by molar-refractivity contribution is -0.149. The third-order valence-corrected chi connectivity index (χ3v) is 2.30. The van der Waals surface area contributed by atoms with Crippen LogP contribution in [0.25, 0.3) is 0 Å². The van der Waals surface area contributed by atoms with Gasteiger partial charge in [-0.05, 0) is 12.1 Å². The Balaban J connectivity index is 3.64. The molecule has 1 rings (SSSR count). The Morgan fingerprint density at radius 3 is 1.90 bits per heavy atom. The largest absolute Gasteiger partial charge is 0.507 e. The van der Waals surface area contributed by atoms with Crippen LogP contribution in [0.1, 0.15) is 22.8 Å². The minimum absolute atomic E-state index is 0.0522. The number of phenols is 1. The fourth-order valence-electron chi connectivity index (χ4n) is 1.38. The third kappa shape index (κ3) is 3.13. The molecule has 10 heteroatoms. The topological polar surface area (TPSA) is 77.8 Å². The van der Waals surface area contributed by atoms with Crippen molar-refractivity contribution in [3.8, 4) is 5.75 Å². The van der Waals surface area contributed by atoms with Gasteiger partial charge in [-0.3, -0.25) is 0 Å². The van der Waals surface area contributed by atoms with E-state index in [0.29, 0.717) is 0 Å². The number of carboxylic acids is 1. The van der Waals surface area contributed by atoms with Gasteiger partial charge in [0.05, 0.1) is 11.1 Å². The van der Waals surface area contributed by atoms with Crippen LogP contribution in [0.4, 0.5) is 26.3 Å². The monoisotopic (exact) mass is 304 g/mol. The molecule has 0 aliphatic rings. The molecule has 3 N–H and O–H groups in total. The summed E-state index contributed by atoms with van der Waals surface area (Å²) in [5.74, 6) is -3.87. The maximum atomic E-state index is 12.5. The Morgan fingerprint density at radius 2 is 1.55 bits per heavy atom. The van der Waals surface area contributed by atoms with Crippen molar-refractivity contribution in [1.29, 1.82) is 0 Å². The number of hydrogen-bond donors (Lipinski definition) is 3. The van der Waals surface area contributed by atoms with Gasteiger partial charge in [-0.15, -0.1) is 0 Å². The highest BCUT2D eigenvalue weighted by Crippen LogP contribution is 2.43. The van der Waals surface area contributed by atoms with Crippen molar-refractivity contribution in [2.45, 2.75) is 18.5 Å². The maximum Gasteiger partial charge on any atom is 0.419 e. The first-order chi connectivity index (χ1) is 8.85. The molecule has 0 bridgehead atoms. The zero-order chi connectivity index (χ0) is 15.9. The Hall–Kier alpha value is -1.97. The standard InChI is InChI=1S/C10H6F6O4/c11-9(12,13)3-1-4(7(18)8(19)20)6(17)5(2-3)10(14,15)16/h1-2,7,17-18H,(H,19,20). The zero-order valence-corrected chi connectivity index (χ0v) is 9.25. The Labute approximate surface area is 106 Å². The van der Waals surface area contributed by atoms with E-state index in [9.17, 15) is 36.2 Å². The van der Waals surface area contributed by atoms with Crippen LogP contribution in [0, 0.1) is 0 Å². The molecule has 112 valence electrons. The van der Waals surface area contributed by atoms with Crippen molar-refractivity contribution < 1.29 is 46.5 Å². The van der Waals surface area contributed by atoms with Crippen molar-refractivity contribution in [1.82, 2.24) is 0 Å². The summed E-state index contributed by atoms with van der Waals surface area (Å²) in [5, 5.41) is 26.7. The number of aliphatic hydroxyl groups excluding tert-OH is 1. The summed E-state index contributed by atoms with van der Waals surface area (Å²) in [5.41, 5.74) is -5.31. The third-order valence-electron chi connectivity index (χ3n) is 2.30. The molecule has 4 nitrogen and oxygen atoms in total. The van der Waals surface area contributed by atoms with Crippen molar-refractivity contribution in [2.24, 2.45) is 0 Å². The van der Waals surface area contributed by atoms with Crippen molar-refractivity contribution in [2.75, 3.05) is 0 Å². The predicted octanol–water partition coefficient (Wildman–Crippen LogP) is 2.55. The zero-order valence-electron chi connectivity index (χ0n) is 9.25. The van der Waals surface area contributed by atoms with Gasteiger partial charge in [0.2, 0.25) is 0 Å². The Morgan fingerprint density at radius 1 is 1.05 bits per heavy atom. The van der Waals surface area contributed by atoms with E-state index >= 15 is 0 Å². The van der Waals surface area contributed by atoms with Gasteiger partial charge >= 0.3 is 18.3 Å². The minimum Gasteiger partial charge on any atom is -0.507 e. The molecule has 0 amide bonds. The molecule has 1 aromatic rings. The van der Waals surface area contributed by atoms with Gasteiger partial charge in [-0.1, -0.05) is 0 Å². The summed E-state index contributed by atoms with van der Waals surface area (Å²) in [6, 6.07) is -0.420. The molecule has 20 heavy (non-hydrogen) atoms. The number of aromatic hydroxyl groups is 1. The summed E-state index contributed by atoms with van der Waals surface area (Å²) in [6.07, 6.45) is -13.3. The second-order valence-corrected chi connectivity index (χ2v) is 3.70. The fourth-order valence-corrected chi connectivity index (χ4v) is 1.38. The average molecular weight is 304 g/mol. The number of benzene rings is 1. The van der Waals surface area contributed by atoms with Crippen LogP contribution < -0.4 is 0 Å². The molecular weight excluding hydrogens is 298 g/mol. The van der Waals surface area contributed by atoms with Crippen LogP contribution in [-0.2, 0) is 17.1 Å². The predicted molar refractivity (Wildman–Crippen MR) is 50.7 cm³/mol. The van der Waals surface area contributed by atoms with E-state index in [1.54, 1.807) is 0 Å². The molecule has 0 heterocycles. The second-order valence-electron chi connectivity index (χ2n) is 3.70. The molecule has 0 fully saturated rings. The highest BCUT2D eigenvalue weighted by atomic mass is 19.4. The van der Waals surface area contributed by atoms with E-state index in [1.807, 2.05) is 0 Å². The lowest BCUT2D eigenvalue weighted by Gasteiger charge is -2.17. The summed E-state index contributed by atoms with van der Waals surface area (Å²) < 4.78 is 74.9. The van der Waals surface area contributed by atoms with Crippen molar-refractivity contribution in [3.05, 3.63) is 28.8 Å². The molecule has 0 saturated carbocycles. The summed E-state index contributed by atoms with van der Waals surface area (Å²) in [6.45, 7) is 0. The van der Waals surface area contributed by atoms with Gasteiger partial charge in [-0.2, -0.15) is 26.3 Å². The van der Waals surface area contributed by atoms with Gasteiger partial charge in [0.15, 0.2) is 6.10 Å². The van der Waals surface area contributed by atoms with Gasteiger partial charge < -0.3 is 15.3 Å². The normalized spacial score (nSPS) is 14.2. The molecular formula is C10H6F6O4. The van der Waals surface area contributed by atoms with Crippen LogP contribution in [-0.4, -0.2) is 21.3 Å². The number of halogens is 6. The van der Waals surface area contributed by atoms with Crippen LogP contribution in [0.3, 0.4) is 0 Å². The first-order valence-corrected chi connectivity index (χ1v) is 4.78. The molecule has 1 atom stereocenters. The van der Waals surface area contributed by atoms with E-state index in [1.165, 1.54) is 0 Å². The smallest absolute Gasteiger partial charge is 0.419 e. The second kappa shape index (κ2) is 4.85. The van der Waals surface area contributed by atoms with E-state index < -0.39 is 46.9 Å². The summed E-state index contributed by atoms with van der Waals surface area (Å²) >= 11 is 0. The Bertz CT molecular complexity index is 534. The maximum absolute atomic E-state index is 12.5. The minimum atomic E-state index is -5.35. The number of phenolic OH excluding ortho intramolecular Hbond substituents is 1.